The van der Waals surface area contributed by atoms with E-state index in [1.807, 2.05) is 0 Å². The molecule has 1 aliphatic rings. The third-order valence-corrected chi connectivity index (χ3v) is 5.12. The number of carbonyl (C=O) groups is 2. The van der Waals surface area contributed by atoms with Gasteiger partial charge in [0.1, 0.15) is 5.00 Å². The molecule has 1 aliphatic carbocycles. The molecule has 2 N–H and O–H groups in total. The second-order valence-corrected chi connectivity index (χ2v) is 8.22. The molecule has 0 atom stereocenters. The smallest absolute Gasteiger partial charge is 0.341 e. The van der Waals surface area contributed by atoms with Gasteiger partial charge in [-0.25, -0.2) is 4.79 Å². The molecule has 5 nitrogen and oxygen atoms in total. The van der Waals surface area contributed by atoms with Gasteiger partial charge < -0.3 is 15.4 Å². The van der Waals surface area contributed by atoms with Gasteiger partial charge in [0.15, 0.2) is 0 Å². The average Bonchev–Trinajstić information content (AvgIpc) is 2.83. The number of thiophene rings is 1. The van der Waals surface area contributed by atoms with E-state index < -0.39 is 0 Å². The Labute approximate surface area is 148 Å². The summed E-state index contributed by atoms with van der Waals surface area (Å²) in [5.74, 6) is -0.393. The van der Waals surface area contributed by atoms with E-state index in [1.54, 1.807) is 6.92 Å². The third-order valence-electron chi connectivity index (χ3n) is 3.91. The van der Waals surface area contributed by atoms with E-state index in [2.05, 4.69) is 31.4 Å². The largest absolute Gasteiger partial charge is 0.462 e. The standard InChI is InChI=1S/C18H28N2O3S/c1-5-23-17(22)15-12-8-6-7-9-13(12)24-16(15)20-14(21)10-11-19-18(2,3)4/h19H,5-11H2,1-4H3,(H,20,21). The zero-order chi connectivity index (χ0) is 17.7. The fourth-order valence-electron chi connectivity index (χ4n) is 2.81. The second kappa shape index (κ2) is 8.12. The lowest BCUT2D eigenvalue weighted by Gasteiger charge is -2.20. The van der Waals surface area contributed by atoms with Gasteiger partial charge in [0.05, 0.1) is 12.2 Å². The van der Waals surface area contributed by atoms with Crippen LogP contribution in [-0.4, -0.2) is 30.6 Å². The Kier molecular flexibility index (Phi) is 6.40. The Balaban J connectivity index is 2.10. The summed E-state index contributed by atoms with van der Waals surface area (Å²) in [4.78, 5) is 25.8. The van der Waals surface area contributed by atoms with Crippen LogP contribution >= 0.6 is 11.3 Å². The molecule has 0 saturated carbocycles. The van der Waals surface area contributed by atoms with Gasteiger partial charge >= 0.3 is 5.97 Å². The summed E-state index contributed by atoms with van der Waals surface area (Å²) in [5, 5.41) is 6.88. The van der Waals surface area contributed by atoms with Crippen molar-refractivity contribution in [3.05, 3.63) is 16.0 Å². The van der Waals surface area contributed by atoms with Gasteiger partial charge in [0, 0.05) is 23.4 Å². The molecule has 0 unspecified atom stereocenters. The molecule has 134 valence electrons. The highest BCUT2D eigenvalue weighted by Crippen LogP contribution is 2.38. The van der Waals surface area contributed by atoms with E-state index in [-0.39, 0.29) is 17.4 Å². The van der Waals surface area contributed by atoms with E-state index in [0.29, 0.717) is 30.1 Å². The van der Waals surface area contributed by atoms with Crippen LogP contribution in [0.1, 0.15) is 67.8 Å². The summed E-state index contributed by atoms with van der Waals surface area (Å²) in [6.45, 7) is 8.94. The van der Waals surface area contributed by atoms with Crippen molar-refractivity contribution in [3.63, 3.8) is 0 Å². The maximum atomic E-state index is 12.3. The van der Waals surface area contributed by atoms with Crippen molar-refractivity contribution >= 4 is 28.2 Å². The Bertz CT molecular complexity index is 602. The topological polar surface area (TPSA) is 67.4 Å². The SMILES string of the molecule is CCOC(=O)c1c(NC(=O)CCNC(C)(C)C)sc2c1CCCC2. The van der Waals surface area contributed by atoms with Crippen molar-refractivity contribution in [2.45, 2.75) is 65.3 Å². The minimum absolute atomic E-state index is 0.0155. The van der Waals surface area contributed by atoms with Crippen molar-refractivity contribution in [1.29, 1.82) is 0 Å². The van der Waals surface area contributed by atoms with Crippen LogP contribution in [0.4, 0.5) is 5.00 Å². The zero-order valence-corrected chi connectivity index (χ0v) is 15.9. The van der Waals surface area contributed by atoms with Crippen LogP contribution in [0, 0.1) is 0 Å². The minimum Gasteiger partial charge on any atom is -0.462 e. The lowest BCUT2D eigenvalue weighted by molar-refractivity contribution is -0.116. The molecule has 1 amide bonds. The molecular weight excluding hydrogens is 324 g/mol. The monoisotopic (exact) mass is 352 g/mol. The van der Waals surface area contributed by atoms with Gasteiger partial charge in [0.25, 0.3) is 0 Å². The van der Waals surface area contributed by atoms with E-state index in [4.69, 9.17) is 4.74 Å². The molecule has 0 radical (unpaired) electrons. The van der Waals surface area contributed by atoms with Gasteiger partial charge in [-0.15, -0.1) is 11.3 Å². The Hall–Kier alpha value is -1.40. The van der Waals surface area contributed by atoms with Gasteiger partial charge in [-0.2, -0.15) is 0 Å². The van der Waals surface area contributed by atoms with Gasteiger partial charge in [-0.05, 0) is 58.9 Å². The number of fused-ring (bicyclic) bond motifs is 1. The van der Waals surface area contributed by atoms with E-state index in [9.17, 15) is 9.59 Å². The van der Waals surface area contributed by atoms with E-state index >= 15 is 0 Å². The maximum absolute atomic E-state index is 12.3. The molecule has 0 aliphatic heterocycles. The number of ether oxygens (including phenoxy) is 1. The number of anilines is 1. The summed E-state index contributed by atoms with van der Waals surface area (Å²) < 4.78 is 5.20. The van der Waals surface area contributed by atoms with Crippen LogP contribution in [0.25, 0.3) is 0 Å². The summed E-state index contributed by atoms with van der Waals surface area (Å²) in [7, 11) is 0. The van der Waals surface area contributed by atoms with Crippen LogP contribution in [-0.2, 0) is 22.4 Å². The fourth-order valence-corrected chi connectivity index (χ4v) is 4.11. The number of amides is 1. The highest BCUT2D eigenvalue weighted by Gasteiger charge is 2.27. The number of aryl methyl sites for hydroxylation is 1. The van der Waals surface area contributed by atoms with Gasteiger partial charge in [-0.3, -0.25) is 4.79 Å². The lowest BCUT2D eigenvalue weighted by Crippen LogP contribution is -2.37. The van der Waals surface area contributed by atoms with E-state index in [0.717, 1.165) is 31.2 Å². The van der Waals surface area contributed by atoms with Crippen molar-refractivity contribution in [2.24, 2.45) is 0 Å². The maximum Gasteiger partial charge on any atom is 0.341 e. The number of hydrogen-bond acceptors (Lipinski definition) is 5. The van der Waals surface area contributed by atoms with Crippen molar-refractivity contribution in [2.75, 3.05) is 18.5 Å². The zero-order valence-electron chi connectivity index (χ0n) is 15.1. The first kappa shape index (κ1) is 18.9. The van der Waals surface area contributed by atoms with Crippen LogP contribution < -0.4 is 10.6 Å². The number of carbonyl (C=O) groups excluding carboxylic acids is 2. The molecule has 6 heteroatoms. The quantitative estimate of drug-likeness (QED) is 0.769. The number of nitrogens with one attached hydrogen (secondary N) is 2. The number of rotatable bonds is 6. The molecule has 1 heterocycles. The highest BCUT2D eigenvalue weighted by atomic mass is 32.1. The molecular formula is C18H28N2O3S. The molecule has 0 bridgehead atoms. The number of esters is 1. The molecule has 0 fully saturated rings. The summed E-state index contributed by atoms with van der Waals surface area (Å²) in [5.41, 5.74) is 1.64. The first-order valence-electron chi connectivity index (χ1n) is 8.68. The first-order chi connectivity index (χ1) is 11.3. The highest BCUT2D eigenvalue weighted by molar-refractivity contribution is 7.17. The van der Waals surface area contributed by atoms with Crippen LogP contribution in [0.15, 0.2) is 0 Å². The predicted octanol–water partition coefficient (Wildman–Crippen LogP) is 3.52. The molecule has 0 aromatic carbocycles. The average molecular weight is 353 g/mol. The second-order valence-electron chi connectivity index (χ2n) is 7.11. The Morgan fingerprint density at radius 2 is 1.92 bits per heavy atom. The summed E-state index contributed by atoms with van der Waals surface area (Å²) >= 11 is 1.53. The minimum atomic E-state index is -0.319. The molecule has 1 aromatic rings. The molecule has 0 saturated heterocycles. The first-order valence-corrected chi connectivity index (χ1v) is 9.50. The third kappa shape index (κ3) is 5.05. The summed E-state index contributed by atoms with van der Waals surface area (Å²) in [6.07, 6.45) is 4.47. The van der Waals surface area contributed by atoms with Crippen molar-refractivity contribution < 1.29 is 14.3 Å². The Morgan fingerprint density at radius 1 is 1.21 bits per heavy atom. The van der Waals surface area contributed by atoms with Crippen molar-refractivity contribution in [3.8, 4) is 0 Å². The fraction of sp³-hybridized carbons (Fsp3) is 0.667. The molecule has 24 heavy (non-hydrogen) atoms. The normalized spacial score (nSPS) is 14.2. The summed E-state index contributed by atoms with van der Waals surface area (Å²) in [6, 6.07) is 0. The van der Waals surface area contributed by atoms with Crippen LogP contribution in [0.3, 0.4) is 0 Å². The van der Waals surface area contributed by atoms with Crippen LogP contribution in [0.2, 0.25) is 0 Å². The van der Waals surface area contributed by atoms with E-state index in [1.165, 1.54) is 16.2 Å². The lowest BCUT2D eigenvalue weighted by atomic mass is 9.95. The molecule has 0 spiro atoms. The molecule has 1 aromatic heterocycles. The Morgan fingerprint density at radius 3 is 2.58 bits per heavy atom. The number of hydrogen-bond donors (Lipinski definition) is 2. The van der Waals surface area contributed by atoms with Gasteiger partial charge in [-0.1, -0.05) is 0 Å². The van der Waals surface area contributed by atoms with Gasteiger partial charge in [0.2, 0.25) is 5.91 Å². The van der Waals surface area contributed by atoms with Crippen molar-refractivity contribution in [1.82, 2.24) is 5.32 Å². The predicted molar refractivity (Wildman–Crippen MR) is 97.9 cm³/mol. The molecule has 2 rings (SSSR count). The van der Waals surface area contributed by atoms with Crippen LogP contribution in [0.5, 0.6) is 0 Å².